The van der Waals surface area contributed by atoms with E-state index in [1.807, 2.05) is 0 Å². The van der Waals surface area contributed by atoms with Gasteiger partial charge in [0.05, 0.1) is 15.9 Å². The van der Waals surface area contributed by atoms with Gasteiger partial charge in [0.1, 0.15) is 11.4 Å². The molecule has 2 aromatic heterocycles. The Morgan fingerprint density at radius 3 is 2.16 bits per heavy atom. The molecule has 0 unspecified atom stereocenters. The molecule has 0 amide bonds. The first-order chi connectivity index (χ1) is 14.6. The maximum Gasteiger partial charge on any atom is 0.354 e. The third kappa shape index (κ3) is 3.69. The Labute approximate surface area is 180 Å². The maximum absolute atomic E-state index is 11.9. The van der Waals surface area contributed by atoms with Gasteiger partial charge >= 0.3 is 11.9 Å². The number of carboxylic acid groups (broad SMARTS) is 2. The van der Waals surface area contributed by atoms with Crippen molar-refractivity contribution < 1.29 is 28.2 Å². The lowest BCUT2D eigenvalue weighted by Gasteiger charge is -2.12. The van der Waals surface area contributed by atoms with E-state index < -0.39 is 21.0 Å². The van der Waals surface area contributed by atoms with Crippen LogP contribution in [0.4, 0.5) is 0 Å². The van der Waals surface area contributed by atoms with Crippen molar-refractivity contribution in [1.29, 1.82) is 0 Å². The highest BCUT2D eigenvalue weighted by Gasteiger charge is 2.19. The SMILES string of the molecule is Cc1ccc(-c2cc(C(=O)O)nc3c2ccc2ccc(C(=O)O)nc23)cc1S(=O)(=O)Cl. The zero-order valence-electron chi connectivity index (χ0n) is 15.8. The molecule has 0 spiro atoms. The van der Waals surface area contributed by atoms with Crippen LogP contribution in [0, 0.1) is 6.92 Å². The monoisotopic (exact) mass is 456 g/mol. The molecule has 0 fully saturated rings. The number of aromatic nitrogens is 2. The number of nitrogens with zero attached hydrogens (tertiary/aromatic N) is 2. The van der Waals surface area contributed by atoms with Gasteiger partial charge in [0.15, 0.2) is 0 Å². The van der Waals surface area contributed by atoms with E-state index >= 15 is 0 Å². The molecule has 0 bridgehead atoms. The molecule has 0 aliphatic rings. The standard InChI is InChI=1S/C21H13ClN2O6S/c1-10-2-3-12(8-17(10)31(22,29)30)14-9-16(21(27)28)24-19-13(14)6-4-11-5-7-15(20(25)26)23-18(11)19/h2-9H,1H3,(H,25,26)(H,27,28). The van der Waals surface area contributed by atoms with Crippen LogP contribution >= 0.6 is 10.7 Å². The Balaban J connectivity index is 2.13. The molecule has 156 valence electrons. The molecule has 2 aromatic carbocycles. The van der Waals surface area contributed by atoms with E-state index in [0.29, 0.717) is 27.5 Å². The third-order valence-corrected chi connectivity index (χ3v) is 6.30. The molecule has 2 heterocycles. The van der Waals surface area contributed by atoms with Crippen LogP contribution in [0.25, 0.3) is 32.9 Å². The number of halogens is 1. The molecule has 0 aliphatic carbocycles. The van der Waals surface area contributed by atoms with Crippen molar-refractivity contribution in [3.8, 4) is 11.1 Å². The van der Waals surface area contributed by atoms with Gasteiger partial charge in [-0.15, -0.1) is 0 Å². The summed E-state index contributed by atoms with van der Waals surface area (Å²) >= 11 is 0. The lowest BCUT2D eigenvalue weighted by molar-refractivity contribution is 0.0680. The van der Waals surface area contributed by atoms with Crippen molar-refractivity contribution in [2.75, 3.05) is 0 Å². The number of benzene rings is 2. The molecule has 4 aromatic rings. The van der Waals surface area contributed by atoms with E-state index in [1.54, 1.807) is 37.3 Å². The Kier molecular flexibility index (Phi) is 4.87. The fourth-order valence-corrected chi connectivity index (χ4v) is 4.59. The lowest BCUT2D eigenvalue weighted by Crippen LogP contribution is -2.04. The van der Waals surface area contributed by atoms with Crippen molar-refractivity contribution in [2.45, 2.75) is 11.8 Å². The predicted octanol–water partition coefficient (Wildman–Crippen LogP) is 4.08. The van der Waals surface area contributed by atoms with Crippen molar-refractivity contribution in [3.63, 3.8) is 0 Å². The predicted molar refractivity (Wildman–Crippen MR) is 114 cm³/mol. The fraction of sp³-hybridized carbons (Fsp3) is 0.0476. The largest absolute Gasteiger partial charge is 0.477 e. The summed E-state index contributed by atoms with van der Waals surface area (Å²) in [6.07, 6.45) is 0. The van der Waals surface area contributed by atoms with Crippen molar-refractivity contribution >= 4 is 53.5 Å². The fourth-order valence-electron chi connectivity index (χ4n) is 3.37. The molecule has 4 rings (SSSR count). The van der Waals surface area contributed by atoms with Crippen LogP contribution in [0.3, 0.4) is 0 Å². The van der Waals surface area contributed by atoms with E-state index in [2.05, 4.69) is 9.97 Å². The van der Waals surface area contributed by atoms with Crippen LogP contribution in [-0.4, -0.2) is 40.5 Å². The minimum Gasteiger partial charge on any atom is -0.477 e. The number of carbonyl (C=O) groups is 2. The highest BCUT2D eigenvalue weighted by atomic mass is 35.7. The number of rotatable bonds is 4. The van der Waals surface area contributed by atoms with E-state index in [1.165, 1.54) is 18.2 Å². The summed E-state index contributed by atoms with van der Waals surface area (Å²) in [5, 5.41) is 19.9. The number of aromatic carboxylic acids is 2. The van der Waals surface area contributed by atoms with Gasteiger partial charge in [-0.05, 0) is 41.8 Å². The number of carboxylic acids is 2. The highest BCUT2D eigenvalue weighted by molar-refractivity contribution is 8.13. The molecule has 0 atom stereocenters. The molecular weight excluding hydrogens is 444 g/mol. The maximum atomic E-state index is 11.9. The summed E-state index contributed by atoms with van der Waals surface area (Å²) in [5.41, 5.74) is 1.14. The van der Waals surface area contributed by atoms with Crippen molar-refractivity contribution in [1.82, 2.24) is 9.97 Å². The van der Waals surface area contributed by atoms with E-state index in [-0.39, 0.29) is 27.3 Å². The topological polar surface area (TPSA) is 135 Å². The first-order valence-electron chi connectivity index (χ1n) is 8.83. The molecule has 0 radical (unpaired) electrons. The highest BCUT2D eigenvalue weighted by Crippen LogP contribution is 2.34. The summed E-state index contributed by atoms with van der Waals surface area (Å²) in [6.45, 7) is 1.59. The van der Waals surface area contributed by atoms with E-state index in [0.717, 1.165) is 0 Å². The zero-order valence-corrected chi connectivity index (χ0v) is 17.4. The van der Waals surface area contributed by atoms with Gasteiger partial charge in [-0.2, -0.15) is 0 Å². The van der Waals surface area contributed by atoms with Crippen LogP contribution in [0.1, 0.15) is 26.5 Å². The minimum absolute atomic E-state index is 0.0967. The van der Waals surface area contributed by atoms with Gasteiger partial charge in [-0.25, -0.2) is 28.0 Å². The third-order valence-electron chi connectivity index (χ3n) is 4.84. The number of hydrogen-bond donors (Lipinski definition) is 2. The molecule has 0 saturated carbocycles. The summed E-state index contributed by atoms with van der Waals surface area (Å²) in [7, 11) is 1.52. The quantitative estimate of drug-likeness (QED) is 0.346. The van der Waals surface area contributed by atoms with Gasteiger partial charge in [-0.1, -0.05) is 30.3 Å². The number of pyridine rings is 2. The van der Waals surface area contributed by atoms with Crippen LogP contribution in [0.2, 0.25) is 0 Å². The molecule has 10 heteroatoms. The number of aryl methyl sites for hydroxylation is 1. The van der Waals surface area contributed by atoms with Gasteiger partial charge in [0, 0.05) is 21.5 Å². The smallest absolute Gasteiger partial charge is 0.354 e. The summed E-state index contributed by atoms with van der Waals surface area (Å²) in [5.74, 6) is -2.53. The van der Waals surface area contributed by atoms with Gasteiger partial charge in [0.2, 0.25) is 0 Å². The van der Waals surface area contributed by atoms with Crippen LogP contribution < -0.4 is 0 Å². The first kappa shape index (κ1) is 20.7. The van der Waals surface area contributed by atoms with Crippen molar-refractivity contribution in [3.05, 3.63) is 65.5 Å². The van der Waals surface area contributed by atoms with Gasteiger partial charge in [0.25, 0.3) is 9.05 Å². The molecule has 0 aliphatic heterocycles. The Hall–Kier alpha value is -3.56. The lowest BCUT2D eigenvalue weighted by atomic mass is 9.97. The van der Waals surface area contributed by atoms with Crippen molar-refractivity contribution in [2.24, 2.45) is 0 Å². The normalized spacial score (nSPS) is 11.7. The van der Waals surface area contributed by atoms with E-state index in [9.17, 15) is 28.2 Å². The Bertz CT molecular complexity index is 1530. The summed E-state index contributed by atoms with van der Waals surface area (Å²) < 4.78 is 23.9. The van der Waals surface area contributed by atoms with E-state index in [4.69, 9.17) is 10.7 Å². The second-order valence-electron chi connectivity index (χ2n) is 6.81. The molecule has 8 nitrogen and oxygen atoms in total. The van der Waals surface area contributed by atoms with Crippen LogP contribution in [-0.2, 0) is 9.05 Å². The molecule has 0 saturated heterocycles. The number of fused-ring (bicyclic) bond motifs is 3. The second kappa shape index (κ2) is 7.29. The zero-order chi connectivity index (χ0) is 22.5. The van der Waals surface area contributed by atoms with Gasteiger partial charge < -0.3 is 10.2 Å². The van der Waals surface area contributed by atoms with Gasteiger partial charge in [-0.3, -0.25) is 0 Å². The molecule has 31 heavy (non-hydrogen) atoms. The average Bonchev–Trinajstić information content (AvgIpc) is 2.71. The Morgan fingerprint density at radius 1 is 0.871 bits per heavy atom. The summed E-state index contributed by atoms with van der Waals surface area (Å²) in [4.78, 5) is 31.3. The summed E-state index contributed by atoms with van der Waals surface area (Å²) in [6, 6.07) is 12.2. The molecule has 2 N–H and O–H groups in total. The molecular formula is C21H13ClN2O6S. The average molecular weight is 457 g/mol. The van der Waals surface area contributed by atoms with Crippen LogP contribution in [0.15, 0.2) is 53.4 Å². The second-order valence-corrected chi connectivity index (χ2v) is 9.35. The Morgan fingerprint density at radius 2 is 1.52 bits per heavy atom. The van der Waals surface area contributed by atoms with Crippen LogP contribution in [0.5, 0.6) is 0 Å². The first-order valence-corrected chi connectivity index (χ1v) is 11.1. The number of hydrogen-bond acceptors (Lipinski definition) is 6. The minimum atomic E-state index is -4.03.